The number of esters is 1. The van der Waals surface area contributed by atoms with Crippen LogP contribution < -0.4 is 0 Å². The van der Waals surface area contributed by atoms with Gasteiger partial charge in [0.15, 0.2) is 0 Å². The first-order valence-corrected chi connectivity index (χ1v) is 8.33. The van der Waals surface area contributed by atoms with E-state index in [1.54, 1.807) is 25.2 Å². The van der Waals surface area contributed by atoms with E-state index in [0.29, 0.717) is 11.3 Å². The minimum atomic E-state index is -0.444. The van der Waals surface area contributed by atoms with Gasteiger partial charge in [-0.25, -0.2) is 4.79 Å². The molecular weight excluding hydrogens is 296 g/mol. The normalized spacial score (nSPS) is 12.4. The predicted octanol–water partition coefficient (Wildman–Crippen LogP) is 6.62. The Morgan fingerprint density at radius 3 is 2.25 bits per heavy atom. The molecule has 0 heterocycles. The van der Waals surface area contributed by atoms with E-state index in [-0.39, 0.29) is 0 Å². The molecule has 0 aromatic heterocycles. The largest absolute Gasteiger partial charge is 0.428 e. The van der Waals surface area contributed by atoms with Crippen LogP contribution in [0.1, 0.15) is 47.5 Å². The van der Waals surface area contributed by atoms with Gasteiger partial charge >= 0.3 is 5.97 Å². The SMILES string of the molecule is C=CCC/C(C)=C/C=C\C=C(/C)OC(=O)C(=C)/C=C\C=C/C.CC. The van der Waals surface area contributed by atoms with Crippen LogP contribution in [0.5, 0.6) is 0 Å². The number of carbonyl (C=O) groups excluding carboxylic acids is 1. The third-order valence-electron chi connectivity index (χ3n) is 2.68. The first kappa shape index (κ1) is 23.9. The molecule has 0 unspecified atom stereocenters. The van der Waals surface area contributed by atoms with Crippen molar-refractivity contribution in [1.29, 1.82) is 0 Å². The monoisotopic (exact) mass is 328 g/mol. The molecule has 0 N–H and O–H groups in total. The lowest BCUT2D eigenvalue weighted by atomic mass is 10.1. The number of rotatable bonds is 9. The molecule has 0 radical (unpaired) electrons. The predicted molar refractivity (Wildman–Crippen MR) is 107 cm³/mol. The van der Waals surface area contributed by atoms with Gasteiger partial charge in [-0.1, -0.05) is 68.5 Å². The summed E-state index contributed by atoms with van der Waals surface area (Å²) in [5, 5.41) is 0. The minimum absolute atomic E-state index is 0.315. The Morgan fingerprint density at radius 1 is 1.04 bits per heavy atom. The summed E-state index contributed by atoms with van der Waals surface area (Å²) in [7, 11) is 0. The molecule has 0 aliphatic carbocycles. The van der Waals surface area contributed by atoms with Gasteiger partial charge < -0.3 is 4.74 Å². The number of carbonyl (C=O) groups is 1. The number of hydrogen-bond acceptors (Lipinski definition) is 2. The molecule has 132 valence electrons. The Balaban J connectivity index is 0. The summed E-state index contributed by atoms with van der Waals surface area (Å²) in [5.41, 5.74) is 1.59. The quantitative estimate of drug-likeness (QED) is 0.156. The number of allylic oxidation sites excluding steroid dienone is 10. The third-order valence-corrected chi connectivity index (χ3v) is 2.68. The molecule has 0 rings (SSSR count). The van der Waals surface area contributed by atoms with Crippen molar-refractivity contribution in [3.05, 3.63) is 84.7 Å². The summed E-state index contributed by atoms with van der Waals surface area (Å²) in [5.74, 6) is 0.0830. The van der Waals surface area contributed by atoms with Crippen molar-refractivity contribution in [2.24, 2.45) is 0 Å². The van der Waals surface area contributed by atoms with Gasteiger partial charge in [0.05, 0.1) is 5.57 Å². The molecule has 0 aliphatic rings. The van der Waals surface area contributed by atoms with E-state index in [0.717, 1.165) is 12.8 Å². The van der Waals surface area contributed by atoms with E-state index in [2.05, 4.69) is 20.1 Å². The Morgan fingerprint density at radius 2 is 1.67 bits per heavy atom. The number of hydrogen-bond donors (Lipinski definition) is 0. The highest BCUT2D eigenvalue weighted by atomic mass is 16.5. The van der Waals surface area contributed by atoms with Crippen LogP contribution in [0.4, 0.5) is 0 Å². The highest BCUT2D eigenvalue weighted by molar-refractivity contribution is 5.91. The Bertz CT molecular complexity index is 526. The molecule has 0 aliphatic heterocycles. The fourth-order valence-corrected chi connectivity index (χ4v) is 1.42. The molecule has 0 fully saturated rings. The molecular formula is C22H32O2. The van der Waals surface area contributed by atoms with E-state index in [1.165, 1.54) is 5.57 Å². The molecule has 0 spiro atoms. The fraction of sp³-hybridized carbons (Fsp3) is 0.318. The molecule has 2 nitrogen and oxygen atoms in total. The zero-order valence-corrected chi connectivity index (χ0v) is 15.8. The summed E-state index contributed by atoms with van der Waals surface area (Å²) in [4.78, 5) is 11.7. The van der Waals surface area contributed by atoms with Gasteiger partial charge in [0.25, 0.3) is 0 Å². The van der Waals surface area contributed by atoms with Crippen LogP contribution in [-0.4, -0.2) is 5.97 Å². The van der Waals surface area contributed by atoms with Crippen molar-refractivity contribution in [2.45, 2.75) is 47.5 Å². The summed E-state index contributed by atoms with van der Waals surface area (Å²) in [6.07, 6.45) is 18.5. The fourth-order valence-electron chi connectivity index (χ4n) is 1.42. The Kier molecular flexibility index (Phi) is 16.9. The van der Waals surface area contributed by atoms with Gasteiger partial charge in [-0.2, -0.15) is 0 Å². The molecule has 0 aromatic carbocycles. The zero-order chi connectivity index (χ0) is 18.8. The molecule has 0 aromatic rings. The first-order valence-electron chi connectivity index (χ1n) is 8.33. The van der Waals surface area contributed by atoms with Crippen LogP contribution >= 0.6 is 0 Å². The molecule has 0 saturated carbocycles. The van der Waals surface area contributed by atoms with Crippen LogP contribution in [0, 0.1) is 0 Å². The third kappa shape index (κ3) is 14.6. The smallest absolute Gasteiger partial charge is 0.342 e. The Labute approximate surface area is 148 Å². The zero-order valence-electron chi connectivity index (χ0n) is 15.8. The van der Waals surface area contributed by atoms with Crippen LogP contribution in [0.25, 0.3) is 0 Å². The molecule has 24 heavy (non-hydrogen) atoms. The van der Waals surface area contributed by atoms with E-state index >= 15 is 0 Å². The molecule has 2 heteroatoms. The average Bonchev–Trinajstić information content (AvgIpc) is 2.58. The van der Waals surface area contributed by atoms with Crippen molar-refractivity contribution < 1.29 is 9.53 Å². The minimum Gasteiger partial charge on any atom is -0.428 e. The van der Waals surface area contributed by atoms with E-state index < -0.39 is 5.97 Å². The van der Waals surface area contributed by atoms with Crippen LogP contribution in [0.2, 0.25) is 0 Å². The highest BCUT2D eigenvalue weighted by Crippen LogP contribution is 2.06. The second-order valence-corrected chi connectivity index (χ2v) is 4.80. The molecule has 0 saturated heterocycles. The van der Waals surface area contributed by atoms with Crippen molar-refractivity contribution in [2.75, 3.05) is 0 Å². The second-order valence-electron chi connectivity index (χ2n) is 4.80. The molecule has 0 amide bonds. The average molecular weight is 328 g/mol. The van der Waals surface area contributed by atoms with Gasteiger partial charge in [-0.15, -0.1) is 6.58 Å². The lowest BCUT2D eigenvalue weighted by Gasteiger charge is -2.02. The van der Waals surface area contributed by atoms with Crippen LogP contribution in [0.3, 0.4) is 0 Å². The maximum atomic E-state index is 11.7. The summed E-state index contributed by atoms with van der Waals surface area (Å²) < 4.78 is 5.18. The molecule has 0 atom stereocenters. The van der Waals surface area contributed by atoms with Crippen LogP contribution in [0.15, 0.2) is 84.7 Å². The summed E-state index contributed by atoms with van der Waals surface area (Å²) >= 11 is 0. The lowest BCUT2D eigenvalue weighted by Crippen LogP contribution is -2.03. The van der Waals surface area contributed by atoms with Crippen molar-refractivity contribution >= 4 is 5.97 Å². The standard InChI is InChI=1S/C20H26O2.C2H6/c1-6-8-10-15-18(4)20(21)22-19(5)16-12-11-14-17(3)13-9-7-2;1-2/h6-8,10-12,14-16H,2,4,9,13H2,1,3,5H3;1-2H3/b8-6-,12-11-,15-10-,17-14+,19-16+;. The summed E-state index contributed by atoms with van der Waals surface area (Å²) in [6.45, 7) is 17.1. The maximum Gasteiger partial charge on any atom is 0.342 e. The van der Waals surface area contributed by atoms with Crippen molar-refractivity contribution in [3.63, 3.8) is 0 Å². The van der Waals surface area contributed by atoms with Crippen molar-refractivity contribution in [3.8, 4) is 0 Å². The Hall–Kier alpha value is -2.35. The molecule has 0 bridgehead atoms. The van der Waals surface area contributed by atoms with Crippen LogP contribution in [-0.2, 0) is 9.53 Å². The van der Waals surface area contributed by atoms with Gasteiger partial charge in [-0.05, 0) is 45.8 Å². The lowest BCUT2D eigenvalue weighted by molar-refractivity contribution is -0.134. The van der Waals surface area contributed by atoms with E-state index in [4.69, 9.17) is 4.74 Å². The van der Waals surface area contributed by atoms with Gasteiger partial charge in [0, 0.05) is 0 Å². The second kappa shape index (κ2) is 17.0. The van der Waals surface area contributed by atoms with Gasteiger partial charge in [-0.3, -0.25) is 0 Å². The number of ether oxygens (including phenoxy) is 1. The summed E-state index contributed by atoms with van der Waals surface area (Å²) in [6, 6.07) is 0. The maximum absolute atomic E-state index is 11.7. The van der Waals surface area contributed by atoms with Gasteiger partial charge in [0.2, 0.25) is 0 Å². The van der Waals surface area contributed by atoms with E-state index in [1.807, 2.05) is 57.2 Å². The topological polar surface area (TPSA) is 26.3 Å². The first-order chi connectivity index (χ1) is 11.5. The van der Waals surface area contributed by atoms with Crippen molar-refractivity contribution in [1.82, 2.24) is 0 Å². The highest BCUT2D eigenvalue weighted by Gasteiger charge is 2.05. The van der Waals surface area contributed by atoms with E-state index in [9.17, 15) is 4.79 Å². The van der Waals surface area contributed by atoms with Gasteiger partial charge in [0.1, 0.15) is 5.76 Å².